The normalized spacial score (nSPS) is 14.2. The number of quaternary nitrogens is 1. The second-order valence-electron chi connectivity index (χ2n) is 14.0. The molecule has 0 aromatic carbocycles. The lowest BCUT2D eigenvalue weighted by atomic mass is 10.1. The van der Waals surface area contributed by atoms with E-state index in [1.165, 1.54) is 135 Å². The van der Waals surface area contributed by atoms with Crippen molar-refractivity contribution in [2.75, 3.05) is 60.7 Å². The van der Waals surface area contributed by atoms with Gasteiger partial charge in [-0.05, 0) is 12.8 Å². The minimum atomic E-state index is -4.12. The number of hydrogen-bond donors (Lipinski definition) is 1. The number of unbranched alkanes of at least 4 members (excludes halogenated alkanes) is 22. The maximum Gasteiger partial charge on any atom is 0.472 e. The molecule has 1 N–H and O–H groups in total. The molecule has 0 saturated carbocycles. The molecule has 0 bridgehead atoms. The lowest BCUT2D eigenvalue weighted by Gasteiger charge is -2.24. The number of likely N-dealkylation sites (N-methyl/N-ethyl adjacent to an activating group) is 1. The van der Waals surface area contributed by atoms with Gasteiger partial charge in [-0.2, -0.15) is 0 Å². The summed E-state index contributed by atoms with van der Waals surface area (Å²) in [6, 6.07) is 0. The Labute approximate surface area is 274 Å². The Kier molecular flexibility index (Phi) is 31.6. The van der Waals surface area contributed by atoms with E-state index in [1.54, 1.807) is 0 Å². The topological polar surface area (TPSA) is 74.2 Å². The molecule has 0 radical (unpaired) electrons. The van der Waals surface area contributed by atoms with Crippen molar-refractivity contribution < 1.29 is 32.5 Å². The van der Waals surface area contributed by atoms with E-state index in [2.05, 4.69) is 13.8 Å². The van der Waals surface area contributed by atoms with E-state index in [1.807, 2.05) is 21.1 Å². The molecule has 2 atom stereocenters. The van der Waals surface area contributed by atoms with Crippen LogP contribution < -0.4 is 0 Å². The molecule has 0 heterocycles. The predicted octanol–water partition coefficient (Wildman–Crippen LogP) is 10.6. The first-order chi connectivity index (χ1) is 21.2. The lowest BCUT2D eigenvalue weighted by molar-refractivity contribution is -0.870. The fourth-order valence-electron chi connectivity index (χ4n) is 5.24. The smallest absolute Gasteiger partial charge is 0.379 e. The maximum atomic E-state index is 12.4. The molecule has 0 aliphatic carbocycles. The Morgan fingerprint density at radius 3 is 1.32 bits per heavy atom. The Morgan fingerprint density at radius 1 is 0.523 bits per heavy atom. The first kappa shape index (κ1) is 44.0. The second kappa shape index (κ2) is 31.6. The number of phosphoric acid groups is 1. The van der Waals surface area contributed by atoms with Gasteiger partial charge in [0.15, 0.2) is 0 Å². The molecular weight excluding hydrogens is 573 g/mol. The highest BCUT2D eigenvalue weighted by Crippen LogP contribution is 2.43. The molecule has 0 aromatic heterocycles. The van der Waals surface area contributed by atoms with Crippen molar-refractivity contribution in [1.82, 2.24) is 0 Å². The first-order valence-electron chi connectivity index (χ1n) is 18.8. The molecule has 0 spiro atoms. The number of rotatable bonds is 36. The third-order valence-corrected chi connectivity index (χ3v) is 9.22. The molecule has 0 rings (SSSR count). The van der Waals surface area contributed by atoms with Gasteiger partial charge in [-0.1, -0.05) is 155 Å². The van der Waals surface area contributed by atoms with Crippen LogP contribution in [0.1, 0.15) is 168 Å². The largest absolute Gasteiger partial charge is 0.472 e. The van der Waals surface area contributed by atoms with Crippen LogP contribution in [0.15, 0.2) is 0 Å². The summed E-state index contributed by atoms with van der Waals surface area (Å²) in [5.41, 5.74) is 0. The van der Waals surface area contributed by atoms with Crippen LogP contribution in [0.4, 0.5) is 0 Å². The third kappa shape index (κ3) is 34.9. The van der Waals surface area contributed by atoms with Crippen LogP contribution in [0.2, 0.25) is 0 Å². The average molecular weight is 651 g/mol. The van der Waals surface area contributed by atoms with E-state index in [-0.39, 0.29) is 19.3 Å². The van der Waals surface area contributed by atoms with Gasteiger partial charge in [-0.15, -0.1) is 0 Å². The highest BCUT2D eigenvalue weighted by Gasteiger charge is 2.25. The van der Waals surface area contributed by atoms with Gasteiger partial charge >= 0.3 is 7.82 Å². The summed E-state index contributed by atoms with van der Waals surface area (Å²) >= 11 is 0. The molecule has 266 valence electrons. The van der Waals surface area contributed by atoms with Crippen LogP contribution in [0.5, 0.6) is 0 Å². The Bertz CT molecular complexity index is 630. The van der Waals surface area contributed by atoms with E-state index in [4.69, 9.17) is 18.5 Å². The Morgan fingerprint density at radius 2 is 0.909 bits per heavy atom. The number of nitrogens with zero attached hydrogens (tertiary/aromatic N) is 1. The van der Waals surface area contributed by atoms with Gasteiger partial charge in [0.1, 0.15) is 19.3 Å². The van der Waals surface area contributed by atoms with Crippen molar-refractivity contribution in [1.29, 1.82) is 0 Å². The SMILES string of the molecule is CCCCCCCCCCCCCCOC[C@H](COP(=O)(O)OCC[N+](C)(C)C)OCCCCCCCCCCCCCC. The zero-order chi connectivity index (χ0) is 32.6. The van der Waals surface area contributed by atoms with Crippen molar-refractivity contribution >= 4 is 7.82 Å². The van der Waals surface area contributed by atoms with Crippen LogP contribution >= 0.6 is 7.82 Å². The van der Waals surface area contributed by atoms with Crippen molar-refractivity contribution in [2.45, 2.75) is 174 Å². The van der Waals surface area contributed by atoms with Crippen molar-refractivity contribution in [3.05, 3.63) is 0 Å². The summed E-state index contributed by atoms with van der Waals surface area (Å²) in [6.07, 6.45) is 31.0. The first-order valence-corrected chi connectivity index (χ1v) is 20.3. The highest BCUT2D eigenvalue weighted by molar-refractivity contribution is 7.47. The monoisotopic (exact) mass is 651 g/mol. The molecule has 44 heavy (non-hydrogen) atoms. The van der Waals surface area contributed by atoms with E-state index in [9.17, 15) is 9.46 Å². The van der Waals surface area contributed by atoms with Crippen LogP contribution in [0, 0.1) is 0 Å². The molecule has 0 fully saturated rings. The molecule has 8 heteroatoms. The molecule has 0 amide bonds. The van der Waals surface area contributed by atoms with E-state index in [0.29, 0.717) is 30.8 Å². The Hall–Kier alpha value is -0.0100. The summed E-state index contributed by atoms with van der Waals surface area (Å²) in [6.45, 7) is 6.99. The van der Waals surface area contributed by atoms with Crippen molar-refractivity contribution in [3.8, 4) is 0 Å². The van der Waals surface area contributed by atoms with Gasteiger partial charge in [0.25, 0.3) is 0 Å². The fourth-order valence-corrected chi connectivity index (χ4v) is 5.98. The second-order valence-corrected chi connectivity index (χ2v) is 15.4. The number of ether oxygens (including phenoxy) is 2. The van der Waals surface area contributed by atoms with Gasteiger partial charge in [-0.25, -0.2) is 4.57 Å². The highest BCUT2D eigenvalue weighted by atomic mass is 31.2. The van der Waals surface area contributed by atoms with E-state index < -0.39 is 7.82 Å². The predicted molar refractivity (Wildman–Crippen MR) is 187 cm³/mol. The van der Waals surface area contributed by atoms with Gasteiger partial charge in [-0.3, -0.25) is 9.05 Å². The van der Waals surface area contributed by atoms with Crippen molar-refractivity contribution in [3.63, 3.8) is 0 Å². The summed E-state index contributed by atoms with van der Waals surface area (Å²) < 4.78 is 35.5. The fraction of sp³-hybridized carbons (Fsp3) is 1.00. The summed E-state index contributed by atoms with van der Waals surface area (Å²) in [5.74, 6) is 0. The zero-order valence-corrected chi connectivity index (χ0v) is 31.1. The average Bonchev–Trinajstić information content (AvgIpc) is 2.97. The van der Waals surface area contributed by atoms with Gasteiger partial charge in [0.05, 0.1) is 34.4 Å². The minimum absolute atomic E-state index is 0.00511. The summed E-state index contributed by atoms with van der Waals surface area (Å²) in [4.78, 5) is 10.1. The van der Waals surface area contributed by atoms with Crippen LogP contribution in [-0.4, -0.2) is 76.2 Å². The van der Waals surface area contributed by atoms with Crippen molar-refractivity contribution in [2.24, 2.45) is 0 Å². The standard InChI is InChI=1S/C36H76NO6P/c1-6-8-10-12-14-16-18-20-22-24-26-28-31-40-34-36(35-43-44(38,39)42-33-30-37(3,4)5)41-32-29-27-25-23-21-19-17-15-13-11-9-7-2/h36H,6-35H2,1-5H3/p+1/t36-/m1/s1. The Balaban J connectivity index is 4.13. The summed E-state index contributed by atoms with van der Waals surface area (Å²) in [5, 5.41) is 0. The quantitative estimate of drug-likeness (QED) is 0.0413. The van der Waals surface area contributed by atoms with Crippen LogP contribution in [0.3, 0.4) is 0 Å². The van der Waals surface area contributed by atoms with E-state index in [0.717, 1.165) is 19.3 Å². The molecule has 1 unspecified atom stereocenters. The van der Waals surface area contributed by atoms with Crippen LogP contribution in [-0.2, 0) is 23.1 Å². The minimum Gasteiger partial charge on any atom is -0.379 e. The molecule has 0 saturated heterocycles. The molecule has 7 nitrogen and oxygen atoms in total. The summed E-state index contributed by atoms with van der Waals surface area (Å²) in [7, 11) is 1.92. The van der Waals surface area contributed by atoms with Gasteiger partial charge < -0.3 is 18.9 Å². The van der Waals surface area contributed by atoms with Crippen LogP contribution in [0.25, 0.3) is 0 Å². The van der Waals surface area contributed by atoms with Gasteiger partial charge in [0, 0.05) is 13.2 Å². The van der Waals surface area contributed by atoms with Gasteiger partial charge in [0.2, 0.25) is 0 Å². The maximum absolute atomic E-state index is 12.4. The molecule has 0 aliphatic heterocycles. The number of hydrogen-bond acceptors (Lipinski definition) is 5. The molecule has 0 aromatic rings. The zero-order valence-electron chi connectivity index (χ0n) is 30.2. The molecule has 0 aliphatic rings. The van der Waals surface area contributed by atoms with E-state index >= 15 is 0 Å². The number of phosphoric ester groups is 1. The molecular formula is C36H77NO6P+. The third-order valence-electron chi connectivity index (χ3n) is 8.24. The lowest BCUT2D eigenvalue weighted by Crippen LogP contribution is -2.37.